The van der Waals surface area contributed by atoms with Crippen LogP contribution in [0.2, 0.25) is 0 Å². The van der Waals surface area contributed by atoms with Crippen LogP contribution in [-0.2, 0) is 0 Å². The van der Waals surface area contributed by atoms with Crippen LogP contribution in [0.3, 0.4) is 0 Å². The summed E-state index contributed by atoms with van der Waals surface area (Å²) in [5.41, 5.74) is 5.65. The van der Waals surface area contributed by atoms with Gasteiger partial charge >= 0.3 is 0 Å². The van der Waals surface area contributed by atoms with Gasteiger partial charge in [-0.2, -0.15) is 5.10 Å². The maximum atomic E-state index is 5.89. The summed E-state index contributed by atoms with van der Waals surface area (Å²) in [5.74, 6) is 0.618. The maximum absolute atomic E-state index is 5.89. The molecule has 6 rings (SSSR count). The molecule has 0 radical (unpaired) electrons. The van der Waals surface area contributed by atoms with Gasteiger partial charge in [-0.05, 0) is 48.5 Å². The molecule has 0 bridgehead atoms. The van der Waals surface area contributed by atoms with Crippen LogP contribution in [0.25, 0.3) is 54.2 Å². The highest BCUT2D eigenvalue weighted by molar-refractivity contribution is 7.21. The van der Waals surface area contributed by atoms with Crippen LogP contribution in [0.1, 0.15) is 0 Å². The lowest BCUT2D eigenvalue weighted by Gasteiger charge is -1.95. The Kier molecular flexibility index (Phi) is 2.98. The molecule has 6 aromatic rings. The first kappa shape index (κ1) is 14.6. The quantitative estimate of drug-likeness (QED) is 0.429. The third-order valence-electron chi connectivity index (χ3n) is 4.62. The molecule has 0 unspecified atom stereocenters. The molecule has 0 aliphatic carbocycles. The van der Waals surface area contributed by atoms with Crippen LogP contribution < -0.4 is 0 Å². The molecule has 0 aliphatic heterocycles. The zero-order valence-electron chi connectivity index (χ0n) is 14.0. The molecule has 27 heavy (non-hydrogen) atoms. The van der Waals surface area contributed by atoms with Crippen molar-refractivity contribution in [2.24, 2.45) is 0 Å². The van der Waals surface area contributed by atoms with Crippen LogP contribution >= 0.6 is 11.3 Å². The van der Waals surface area contributed by atoms with Gasteiger partial charge in [-0.1, -0.05) is 12.1 Å². The highest BCUT2D eigenvalue weighted by atomic mass is 32.1. The summed E-state index contributed by atoms with van der Waals surface area (Å²) in [6, 6.07) is 20.2. The maximum Gasteiger partial charge on any atom is 0.227 e. The molecule has 128 valence electrons. The van der Waals surface area contributed by atoms with E-state index in [0.29, 0.717) is 5.89 Å². The second kappa shape index (κ2) is 5.49. The molecule has 3 aromatic carbocycles. The largest absolute Gasteiger partial charge is 0.436 e. The van der Waals surface area contributed by atoms with E-state index in [1.807, 2.05) is 48.7 Å². The van der Waals surface area contributed by atoms with E-state index in [0.717, 1.165) is 48.4 Å². The number of thiazole rings is 1. The molecule has 3 aromatic heterocycles. The van der Waals surface area contributed by atoms with Gasteiger partial charge in [0, 0.05) is 16.5 Å². The molecule has 0 fully saturated rings. The van der Waals surface area contributed by atoms with Crippen molar-refractivity contribution in [2.45, 2.75) is 0 Å². The molecule has 5 nitrogen and oxygen atoms in total. The fourth-order valence-electron chi connectivity index (χ4n) is 3.26. The molecule has 0 spiro atoms. The summed E-state index contributed by atoms with van der Waals surface area (Å²) in [4.78, 5) is 9.41. The summed E-state index contributed by atoms with van der Waals surface area (Å²) in [5, 5.41) is 9.13. The summed E-state index contributed by atoms with van der Waals surface area (Å²) in [7, 11) is 0. The van der Waals surface area contributed by atoms with Crippen LogP contribution in [0, 0.1) is 0 Å². The van der Waals surface area contributed by atoms with E-state index >= 15 is 0 Å². The van der Waals surface area contributed by atoms with Gasteiger partial charge in [-0.15, -0.1) is 11.3 Å². The zero-order chi connectivity index (χ0) is 17.8. The molecule has 3 heterocycles. The Morgan fingerprint density at radius 2 is 1.78 bits per heavy atom. The normalized spacial score (nSPS) is 11.7. The van der Waals surface area contributed by atoms with Crippen molar-refractivity contribution in [1.29, 1.82) is 0 Å². The Balaban J connectivity index is 1.46. The number of benzene rings is 3. The van der Waals surface area contributed by atoms with E-state index in [9.17, 15) is 0 Å². The first-order chi connectivity index (χ1) is 13.3. The van der Waals surface area contributed by atoms with E-state index in [1.165, 1.54) is 0 Å². The van der Waals surface area contributed by atoms with Crippen molar-refractivity contribution in [3.8, 4) is 22.0 Å². The Morgan fingerprint density at radius 3 is 2.74 bits per heavy atom. The topological polar surface area (TPSA) is 67.6 Å². The molecule has 1 N–H and O–H groups in total. The number of H-pyrrole nitrogens is 1. The van der Waals surface area contributed by atoms with Crippen molar-refractivity contribution < 1.29 is 4.42 Å². The van der Waals surface area contributed by atoms with Gasteiger partial charge in [0.1, 0.15) is 10.5 Å². The molecular weight excluding hydrogens is 356 g/mol. The Hall–Kier alpha value is -3.51. The standard InChI is InChI=1S/C21H12N4OS/c1-2-4-18-16(3-1)23-20(26-18)12-6-8-19-17(10-12)24-21(27-19)13-5-7-15-14(9-13)11-22-25-15/h1-11H,(H,22,25). The van der Waals surface area contributed by atoms with Crippen molar-refractivity contribution in [2.75, 3.05) is 0 Å². The van der Waals surface area contributed by atoms with Crippen molar-refractivity contribution in [3.63, 3.8) is 0 Å². The van der Waals surface area contributed by atoms with Crippen molar-refractivity contribution in [1.82, 2.24) is 20.2 Å². The van der Waals surface area contributed by atoms with Gasteiger partial charge in [0.2, 0.25) is 5.89 Å². The van der Waals surface area contributed by atoms with Crippen LogP contribution in [-0.4, -0.2) is 20.2 Å². The fraction of sp³-hybridized carbons (Fsp3) is 0. The average molecular weight is 368 g/mol. The van der Waals surface area contributed by atoms with Gasteiger partial charge in [0.15, 0.2) is 5.58 Å². The Morgan fingerprint density at radius 1 is 0.852 bits per heavy atom. The number of nitrogens with zero attached hydrogens (tertiary/aromatic N) is 3. The molecule has 6 heteroatoms. The number of aromatic nitrogens is 4. The van der Waals surface area contributed by atoms with Gasteiger partial charge in [0.25, 0.3) is 0 Å². The predicted molar refractivity (Wildman–Crippen MR) is 108 cm³/mol. The first-order valence-electron chi connectivity index (χ1n) is 8.53. The van der Waals surface area contributed by atoms with Gasteiger partial charge < -0.3 is 4.42 Å². The number of rotatable bonds is 2. The lowest BCUT2D eigenvalue weighted by atomic mass is 10.2. The van der Waals surface area contributed by atoms with Gasteiger partial charge in [0.05, 0.1) is 21.9 Å². The van der Waals surface area contributed by atoms with E-state index < -0.39 is 0 Å². The number of para-hydroxylation sites is 2. The Labute approximate surface area is 157 Å². The average Bonchev–Trinajstić information content (AvgIpc) is 3.42. The fourth-order valence-corrected chi connectivity index (χ4v) is 4.20. The second-order valence-corrected chi connectivity index (χ2v) is 7.39. The predicted octanol–water partition coefficient (Wildman–Crippen LogP) is 5.65. The van der Waals surface area contributed by atoms with Gasteiger partial charge in [-0.25, -0.2) is 9.97 Å². The lowest BCUT2D eigenvalue weighted by molar-refractivity contribution is 0.620. The number of aromatic amines is 1. The third-order valence-corrected chi connectivity index (χ3v) is 5.70. The minimum absolute atomic E-state index is 0.618. The number of oxazole rings is 1. The van der Waals surface area contributed by atoms with Crippen molar-refractivity contribution >= 4 is 43.6 Å². The monoisotopic (exact) mass is 368 g/mol. The summed E-state index contributed by atoms with van der Waals surface area (Å²) < 4.78 is 7.02. The summed E-state index contributed by atoms with van der Waals surface area (Å²) >= 11 is 1.68. The highest BCUT2D eigenvalue weighted by Gasteiger charge is 2.12. The molecular formula is C21H12N4OS. The molecule has 0 saturated carbocycles. The van der Waals surface area contributed by atoms with E-state index in [4.69, 9.17) is 9.40 Å². The smallest absolute Gasteiger partial charge is 0.227 e. The third kappa shape index (κ3) is 2.34. The van der Waals surface area contributed by atoms with Crippen LogP contribution in [0.15, 0.2) is 71.3 Å². The number of hydrogen-bond acceptors (Lipinski definition) is 5. The van der Waals surface area contributed by atoms with Gasteiger partial charge in [-0.3, -0.25) is 5.10 Å². The summed E-state index contributed by atoms with van der Waals surface area (Å²) in [6.45, 7) is 0. The minimum Gasteiger partial charge on any atom is -0.436 e. The van der Waals surface area contributed by atoms with E-state index in [2.05, 4.69) is 33.4 Å². The molecule has 0 atom stereocenters. The number of fused-ring (bicyclic) bond motifs is 3. The zero-order valence-corrected chi connectivity index (χ0v) is 14.8. The van der Waals surface area contributed by atoms with Crippen LogP contribution in [0.4, 0.5) is 0 Å². The van der Waals surface area contributed by atoms with Crippen molar-refractivity contribution in [3.05, 3.63) is 66.9 Å². The molecule has 0 saturated heterocycles. The van der Waals surface area contributed by atoms with Crippen LogP contribution in [0.5, 0.6) is 0 Å². The lowest BCUT2D eigenvalue weighted by Crippen LogP contribution is -1.78. The van der Waals surface area contributed by atoms with E-state index in [-0.39, 0.29) is 0 Å². The first-order valence-corrected chi connectivity index (χ1v) is 9.35. The van der Waals surface area contributed by atoms with E-state index in [1.54, 1.807) is 11.3 Å². The molecule has 0 aliphatic rings. The SMILES string of the molecule is c1ccc2oc(-c3ccc4sc(-c5ccc6[nH]ncc6c5)nc4c3)nc2c1. The molecule has 0 amide bonds. The number of hydrogen-bond donors (Lipinski definition) is 1. The summed E-state index contributed by atoms with van der Waals surface area (Å²) in [6.07, 6.45) is 1.83. The highest BCUT2D eigenvalue weighted by Crippen LogP contribution is 2.34. The Bertz CT molecular complexity index is 1410. The minimum atomic E-state index is 0.618. The number of nitrogens with one attached hydrogen (secondary N) is 1. The second-order valence-electron chi connectivity index (χ2n) is 6.36.